The van der Waals surface area contributed by atoms with E-state index in [2.05, 4.69) is 39.2 Å². The molecule has 2 saturated heterocycles. The molecule has 3 heterocycles. The van der Waals surface area contributed by atoms with Crippen molar-refractivity contribution in [1.82, 2.24) is 19.9 Å². The van der Waals surface area contributed by atoms with Crippen LogP contribution in [0.25, 0.3) is 12.2 Å². The Hall–Kier alpha value is -1.70. The second kappa shape index (κ2) is 12.1. The lowest BCUT2D eigenvalue weighted by Crippen LogP contribution is -2.47. The van der Waals surface area contributed by atoms with Crippen LogP contribution in [0, 0.1) is 11.8 Å². The van der Waals surface area contributed by atoms with Gasteiger partial charge in [0, 0.05) is 43.7 Å². The Morgan fingerprint density at radius 3 is 2.55 bits per heavy atom. The molecule has 7 heteroatoms. The maximum Gasteiger partial charge on any atom is 0.223 e. The number of allylic oxidation sites excluding steroid dienone is 1. The fourth-order valence-electron chi connectivity index (χ4n) is 5.54. The normalized spacial score (nSPS) is 25.4. The highest BCUT2D eigenvalue weighted by atomic mass is 32.1. The van der Waals surface area contributed by atoms with E-state index in [0.29, 0.717) is 11.9 Å². The van der Waals surface area contributed by atoms with Crippen LogP contribution in [0.5, 0.6) is 0 Å². The van der Waals surface area contributed by atoms with Crippen LogP contribution in [0.4, 0.5) is 5.82 Å². The van der Waals surface area contributed by atoms with Gasteiger partial charge in [-0.05, 0) is 95.0 Å². The Morgan fingerprint density at radius 2 is 1.88 bits per heavy atom. The van der Waals surface area contributed by atoms with E-state index in [9.17, 15) is 4.79 Å². The van der Waals surface area contributed by atoms with Gasteiger partial charge in [-0.3, -0.25) is 9.69 Å². The summed E-state index contributed by atoms with van der Waals surface area (Å²) >= 11 is 1.57. The third-order valence-corrected chi connectivity index (χ3v) is 8.50. The Labute approximate surface area is 203 Å². The molecule has 1 aromatic rings. The molecule has 0 spiro atoms. The minimum absolute atomic E-state index is 0.226. The highest BCUT2D eigenvalue weighted by Gasteiger charge is 2.27. The average molecular weight is 472 g/mol. The standard InChI is InChI=1S/C26H41N5OS/c1-3-5-24-23(4-2)25(29-33-24)31-18-16-30(17-19-31)15-12-20-6-8-22(9-7-20)28-26(32)21-10-13-27-14-11-21/h3-5,20-22,27H,2,6-19H2,1H3,(H,28,32). The number of nitrogens with one attached hydrogen (secondary N) is 2. The monoisotopic (exact) mass is 471 g/mol. The van der Waals surface area contributed by atoms with Crippen molar-refractivity contribution in [3.05, 3.63) is 23.1 Å². The van der Waals surface area contributed by atoms with Crippen LogP contribution >= 0.6 is 11.5 Å². The lowest BCUT2D eigenvalue weighted by Gasteiger charge is -2.36. The lowest BCUT2D eigenvalue weighted by atomic mass is 9.83. The summed E-state index contributed by atoms with van der Waals surface area (Å²) in [5.41, 5.74) is 1.18. The number of nitrogens with zero attached hydrogens (tertiary/aromatic N) is 3. The fraction of sp³-hybridized carbons (Fsp3) is 0.692. The van der Waals surface area contributed by atoms with Crippen molar-refractivity contribution < 1.29 is 4.79 Å². The molecule has 2 N–H and O–H groups in total. The zero-order valence-corrected chi connectivity index (χ0v) is 21.0. The van der Waals surface area contributed by atoms with Gasteiger partial charge in [-0.1, -0.05) is 18.7 Å². The van der Waals surface area contributed by atoms with Crippen LogP contribution in [0.1, 0.15) is 62.3 Å². The summed E-state index contributed by atoms with van der Waals surface area (Å²) in [4.78, 5) is 18.8. The van der Waals surface area contributed by atoms with E-state index in [4.69, 9.17) is 4.37 Å². The first-order chi connectivity index (χ1) is 16.2. The smallest absolute Gasteiger partial charge is 0.223 e. The van der Waals surface area contributed by atoms with E-state index in [0.717, 1.165) is 76.7 Å². The zero-order chi connectivity index (χ0) is 23.0. The summed E-state index contributed by atoms with van der Waals surface area (Å²) in [5.74, 6) is 2.44. The third-order valence-electron chi connectivity index (χ3n) is 7.69. The third kappa shape index (κ3) is 6.46. The van der Waals surface area contributed by atoms with Gasteiger partial charge in [-0.15, -0.1) is 0 Å². The van der Waals surface area contributed by atoms with Gasteiger partial charge in [-0.25, -0.2) is 0 Å². The Balaban J connectivity index is 1.15. The van der Waals surface area contributed by atoms with E-state index in [1.165, 1.54) is 36.2 Å². The van der Waals surface area contributed by atoms with Crippen molar-refractivity contribution >= 4 is 35.4 Å². The number of rotatable bonds is 8. The van der Waals surface area contributed by atoms with E-state index >= 15 is 0 Å². The molecule has 3 fully saturated rings. The van der Waals surface area contributed by atoms with Gasteiger partial charge in [0.05, 0.1) is 4.88 Å². The van der Waals surface area contributed by atoms with E-state index in [1.54, 1.807) is 11.5 Å². The van der Waals surface area contributed by atoms with Crippen LogP contribution in [-0.2, 0) is 4.79 Å². The van der Waals surface area contributed by atoms with Gasteiger partial charge in [0.25, 0.3) is 0 Å². The fourth-order valence-corrected chi connectivity index (χ4v) is 6.41. The number of piperidine rings is 1. The van der Waals surface area contributed by atoms with E-state index in [1.807, 2.05) is 13.0 Å². The minimum Gasteiger partial charge on any atom is -0.353 e. The quantitative estimate of drug-likeness (QED) is 0.600. The minimum atomic E-state index is 0.226. The molecular weight excluding hydrogens is 430 g/mol. The summed E-state index contributed by atoms with van der Waals surface area (Å²) in [7, 11) is 0. The molecule has 6 nitrogen and oxygen atoms in total. The molecule has 182 valence electrons. The summed E-state index contributed by atoms with van der Waals surface area (Å²) < 4.78 is 4.72. The number of aromatic nitrogens is 1. The lowest BCUT2D eigenvalue weighted by molar-refractivity contribution is -0.126. The molecule has 1 amide bonds. The zero-order valence-electron chi connectivity index (χ0n) is 20.2. The molecule has 4 rings (SSSR count). The average Bonchev–Trinajstić information content (AvgIpc) is 3.27. The van der Waals surface area contributed by atoms with Gasteiger partial charge in [-0.2, -0.15) is 4.37 Å². The summed E-state index contributed by atoms with van der Waals surface area (Å²) in [6.45, 7) is 13.5. The van der Waals surface area contributed by atoms with Crippen LogP contribution < -0.4 is 15.5 Å². The van der Waals surface area contributed by atoms with Crippen molar-refractivity contribution in [1.29, 1.82) is 0 Å². The second-order valence-electron chi connectivity index (χ2n) is 9.86. The predicted molar refractivity (Wildman–Crippen MR) is 140 cm³/mol. The molecule has 0 unspecified atom stereocenters. The topological polar surface area (TPSA) is 60.5 Å². The van der Waals surface area contributed by atoms with Gasteiger partial charge in [0.2, 0.25) is 5.91 Å². The van der Waals surface area contributed by atoms with Gasteiger partial charge in [0.1, 0.15) is 5.82 Å². The van der Waals surface area contributed by atoms with Gasteiger partial charge >= 0.3 is 0 Å². The van der Waals surface area contributed by atoms with Crippen molar-refractivity contribution in [3.63, 3.8) is 0 Å². The Bertz CT molecular complexity index is 800. The van der Waals surface area contributed by atoms with Crippen molar-refractivity contribution in [2.45, 2.75) is 57.9 Å². The predicted octanol–water partition coefficient (Wildman–Crippen LogP) is 4.01. The van der Waals surface area contributed by atoms with Gasteiger partial charge in [0.15, 0.2) is 0 Å². The number of carbonyl (C=O) groups excluding carboxylic acids is 1. The van der Waals surface area contributed by atoms with Crippen molar-refractivity contribution in [2.75, 3.05) is 50.7 Å². The van der Waals surface area contributed by atoms with Crippen molar-refractivity contribution in [3.8, 4) is 0 Å². The number of amides is 1. The summed E-state index contributed by atoms with van der Waals surface area (Å²) in [5, 5.41) is 6.70. The molecular formula is C26H41N5OS. The van der Waals surface area contributed by atoms with Crippen LogP contribution in [-0.4, -0.2) is 67.0 Å². The first-order valence-corrected chi connectivity index (χ1v) is 13.7. The summed E-state index contributed by atoms with van der Waals surface area (Å²) in [6.07, 6.45) is 14.2. The van der Waals surface area contributed by atoms with Crippen molar-refractivity contribution in [2.24, 2.45) is 11.8 Å². The SMILES string of the molecule is C=Cc1c(N2CCN(CCC3CCC(NC(=O)C4CCNCC4)CC3)CC2)nsc1C=CC. The molecule has 0 radical (unpaired) electrons. The van der Waals surface area contributed by atoms with Gasteiger partial charge < -0.3 is 15.5 Å². The molecule has 0 bridgehead atoms. The Morgan fingerprint density at radius 1 is 1.15 bits per heavy atom. The number of carbonyl (C=O) groups is 1. The number of hydrogen-bond donors (Lipinski definition) is 2. The van der Waals surface area contributed by atoms with E-state index < -0.39 is 0 Å². The van der Waals surface area contributed by atoms with Crippen LogP contribution in [0.15, 0.2) is 12.7 Å². The molecule has 0 aromatic carbocycles. The largest absolute Gasteiger partial charge is 0.353 e. The molecule has 1 saturated carbocycles. The second-order valence-corrected chi connectivity index (χ2v) is 10.7. The number of piperazine rings is 1. The Kier molecular flexibility index (Phi) is 8.98. The molecule has 3 aliphatic rings. The molecule has 33 heavy (non-hydrogen) atoms. The maximum atomic E-state index is 12.5. The summed E-state index contributed by atoms with van der Waals surface area (Å²) in [6, 6.07) is 0.400. The number of hydrogen-bond acceptors (Lipinski definition) is 6. The number of anilines is 1. The molecule has 1 aromatic heterocycles. The first kappa shape index (κ1) is 24.4. The molecule has 1 aliphatic carbocycles. The first-order valence-electron chi connectivity index (χ1n) is 12.9. The van der Waals surface area contributed by atoms with E-state index in [-0.39, 0.29) is 5.92 Å². The van der Waals surface area contributed by atoms with Crippen LogP contribution in [0.3, 0.4) is 0 Å². The molecule has 2 aliphatic heterocycles. The molecule has 0 atom stereocenters. The van der Waals surface area contributed by atoms with Crippen LogP contribution in [0.2, 0.25) is 0 Å². The highest BCUT2D eigenvalue weighted by molar-refractivity contribution is 7.07. The highest BCUT2D eigenvalue weighted by Crippen LogP contribution is 2.31. The maximum absolute atomic E-state index is 12.5.